The van der Waals surface area contributed by atoms with Crippen LogP contribution >= 0.6 is 0 Å². The van der Waals surface area contributed by atoms with Crippen molar-refractivity contribution in [1.29, 1.82) is 0 Å². The molecule has 2 N–H and O–H groups in total. The summed E-state index contributed by atoms with van der Waals surface area (Å²) in [5.41, 5.74) is 2.28. The number of carbonyl (C=O) groups is 2. The molecule has 1 aliphatic carbocycles. The van der Waals surface area contributed by atoms with Crippen molar-refractivity contribution < 1.29 is 38.1 Å². The van der Waals surface area contributed by atoms with Crippen molar-refractivity contribution in [2.24, 2.45) is 11.8 Å². The zero-order valence-electron chi connectivity index (χ0n) is 26.5. The highest BCUT2D eigenvalue weighted by atomic mass is 19.2. The highest BCUT2D eigenvalue weighted by Crippen LogP contribution is 2.41. The molecule has 3 aromatic carbocycles. The number of fused-ring (bicyclic) bond motifs is 1. The van der Waals surface area contributed by atoms with Crippen LogP contribution in [0.25, 0.3) is 21.9 Å². The van der Waals surface area contributed by atoms with Gasteiger partial charge in [0.2, 0.25) is 0 Å². The molecule has 0 amide bonds. The molecule has 0 aromatic heterocycles. The SMILES string of the molecule is C=C(CO)C(=O)OCC(COC(=O)C(=C)CO)C1CCC(c2ccc(-c3ccc4cc(CCCCC)ccc4c3)c(F)c2F)CC1. The molecule has 0 unspecified atom stereocenters. The van der Waals surface area contributed by atoms with Gasteiger partial charge in [-0.25, -0.2) is 18.4 Å². The van der Waals surface area contributed by atoms with E-state index in [0.29, 0.717) is 36.8 Å². The predicted molar refractivity (Wildman–Crippen MR) is 175 cm³/mol. The summed E-state index contributed by atoms with van der Waals surface area (Å²) in [7, 11) is 0. The molecule has 1 saturated carbocycles. The van der Waals surface area contributed by atoms with Gasteiger partial charge >= 0.3 is 11.9 Å². The van der Waals surface area contributed by atoms with Crippen LogP contribution in [0.2, 0.25) is 0 Å². The molecule has 6 nitrogen and oxygen atoms in total. The third kappa shape index (κ3) is 8.68. The van der Waals surface area contributed by atoms with E-state index in [1.165, 1.54) is 18.4 Å². The average molecular weight is 635 g/mol. The highest BCUT2D eigenvalue weighted by Gasteiger charge is 2.32. The molecular formula is C38H44F2O6. The lowest BCUT2D eigenvalue weighted by Gasteiger charge is -2.34. The summed E-state index contributed by atoms with van der Waals surface area (Å²) in [6.45, 7) is 7.89. The normalized spacial score (nSPS) is 16.4. The zero-order valence-corrected chi connectivity index (χ0v) is 26.5. The average Bonchev–Trinajstić information content (AvgIpc) is 3.08. The molecule has 0 radical (unpaired) electrons. The van der Waals surface area contributed by atoms with Gasteiger partial charge in [0, 0.05) is 11.5 Å². The Labute approximate surface area is 269 Å². The first-order valence-corrected chi connectivity index (χ1v) is 16.1. The second kappa shape index (κ2) is 16.6. The van der Waals surface area contributed by atoms with Crippen molar-refractivity contribution in [3.8, 4) is 11.1 Å². The molecule has 1 aliphatic rings. The number of aliphatic hydroxyl groups excluding tert-OH is 2. The van der Waals surface area contributed by atoms with E-state index >= 15 is 8.78 Å². The number of benzene rings is 3. The van der Waals surface area contributed by atoms with Crippen LogP contribution in [0.5, 0.6) is 0 Å². The number of hydrogen-bond acceptors (Lipinski definition) is 6. The Morgan fingerprint density at radius 3 is 2.04 bits per heavy atom. The largest absolute Gasteiger partial charge is 0.462 e. The number of aliphatic hydroxyl groups is 2. The van der Waals surface area contributed by atoms with Crippen LogP contribution in [0.3, 0.4) is 0 Å². The van der Waals surface area contributed by atoms with Crippen LogP contribution in [0.4, 0.5) is 8.78 Å². The molecular weight excluding hydrogens is 590 g/mol. The number of rotatable bonds is 15. The zero-order chi connectivity index (χ0) is 33.2. The summed E-state index contributed by atoms with van der Waals surface area (Å²) in [6, 6.07) is 15.4. The number of hydrogen-bond donors (Lipinski definition) is 2. The topological polar surface area (TPSA) is 93.1 Å². The molecule has 0 aliphatic heterocycles. The fourth-order valence-corrected chi connectivity index (χ4v) is 6.22. The molecule has 0 heterocycles. The van der Waals surface area contributed by atoms with Gasteiger partial charge in [0.15, 0.2) is 11.6 Å². The standard InChI is InChI=1S/C38H44F2O6/c1-4-5-6-7-26-8-9-30-19-31(15-14-29(30)18-26)34-17-16-33(35(39)36(34)40)28-12-10-27(11-13-28)32(22-45-37(43)24(2)20-41)23-46-38(44)25(3)21-42/h8-9,14-19,27-28,32,41-42H,2-7,10-13,20-23H2,1H3. The number of aryl methyl sites for hydroxylation is 1. The Morgan fingerprint density at radius 2 is 1.43 bits per heavy atom. The van der Waals surface area contributed by atoms with Crippen molar-refractivity contribution in [1.82, 2.24) is 0 Å². The fraction of sp³-hybridized carbons (Fsp3) is 0.421. The second-order valence-corrected chi connectivity index (χ2v) is 12.3. The number of ether oxygens (including phenoxy) is 2. The van der Waals surface area contributed by atoms with E-state index in [-0.39, 0.29) is 47.7 Å². The predicted octanol–water partition coefficient (Wildman–Crippen LogP) is 7.59. The lowest BCUT2D eigenvalue weighted by Crippen LogP contribution is -2.31. The van der Waals surface area contributed by atoms with Crippen LogP contribution in [-0.4, -0.2) is 48.6 Å². The summed E-state index contributed by atoms with van der Waals surface area (Å²) in [6.07, 6.45) is 6.90. The number of unbranched alkanes of at least 4 members (excludes halogenated alkanes) is 2. The van der Waals surface area contributed by atoms with Gasteiger partial charge < -0.3 is 19.7 Å². The summed E-state index contributed by atoms with van der Waals surface area (Å²) in [5, 5.41) is 20.4. The van der Waals surface area contributed by atoms with Gasteiger partial charge in [-0.15, -0.1) is 0 Å². The van der Waals surface area contributed by atoms with Gasteiger partial charge in [0.05, 0.1) is 37.6 Å². The molecule has 0 bridgehead atoms. The van der Waals surface area contributed by atoms with Crippen molar-refractivity contribution in [3.05, 3.63) is 95.6 Å². The Hall–Kier alpha value is -3.88. The maximum absolute atomic E-state index is 15.6. The molecule has 246 valence electrons. The maximum Gasteiger partial charge on any atom is 0.335 e. The van der Waals surface area contributed by atoms with Gasteiger partial charge in [-0.3, -0.25) is 0 Å². The first kappa shape index (κ1) is 35.0. The third-order valence-electron chi connectivity index (χ3n) is 9.09. The van der Waals surface area contributed by atoms with Crippen LogP contribution in [0, 0.1) is 23.5 Å². The molecule has 0 saturated heterocycles. The minimum absolute atomic E-state index is 0.0291. The van der Waals surface area contributed by atoms with Crippen LogP contribution in [0.1, 0.15) is 68.9 Å². The molecule has 8 heteroatoms. The van der Waals surface area contributed by atoms with Gasteiger partial charge in [-0.1, -0.05) is 75.4 Å². The van der Waals surface area contributed by atoms with Gasteiger partial charge in [-0.2, -0.15) is 0 Å². The number of halogens is 2. The Bertz CT molecular complexity index is 1520. The third-order valence-corrected chi connectivity index (χ3v) is 9.09. The summed E-state index contributed by atoms with van der Waals surface area (Å²) < 4.78 is 41.8. The van der Waals surface area contributed by atoms with Crippen molar-refractivity contribution in [2.45, 2.75) is 64.2 Å². The fourth-order valence-electron chi connectivity index (χ4n) is 6.22. The Balaban J connectivity index is 1.44. The quantitative estimate of drug-likeness (QED) is 0.102. The van der Waals surface area contributed by atoms with Crippen LogP contribution < -0.4 is 0 Å². The molecule has 4 rings (SSSR count). The van der Waals surface area contributed by atoms with Crippen LogP contribution in [0.15, 0.2) is 72.8 Å². The van der Waals surface area contributed by atoms with Gasteiger partial charge in [-0.05, 0) is 83.9 Å². The van der Waals surface area contributed by atoms with Crippen LogP contribution in [-0.2, 0) is 25.5 Å². The van der Waals surface area contributed by atoms with E-state index in [9.17, 15) is 9.59 Å². The maximum atomic E-state index is 15.6. The summed E-state index contributed by atoms with van der Waals surface area (Å²) >= 11 is 0. The first-order valence-electron chi connectivity index (χ1n) is 16.1. The number of esters is 2. The lowest BCUT2D eigenvalue weighted by molar-refractivity contribution is -0.146. The Kier molecular flexibility index (Phi) is 12.6. The highest BCUT2D eigenvalue weighted by molar-refractivity contribution is 5.89. The monoisotopic (exact) mass is 634 g/mol. The summed E-state index contributed by atoms with van der Waals surface area (Å²) in [5.74, 6) is -3.80. The molecule has 1 fully saturated rings. The minimum atomic E-state index is -0.861. The van der Waals surface area contributed by atoms with E-state index in [1.807, 2.05) is 24.3 Å². The van der Waals surface area contributed by atoms with Crippen molar-refractivity contribution >= 4 is 22.7 Å². The van der Waals surface area contributed by atoms with E-state index in [0.717, 1.165) is 23.6 Å². The van der Waals surface area contributed by atoms with E-state index in [1.54, 1.807) is 12.1 Å². The number of carbonyl (C=O) groups excluding carboxylic acids is 2. The van der Waals surface area contributed by atoms with E-state index < -0.39 is 36.8 Å². The molecule has 46 heavy (non-hydrogen) atoms. The molecule has 0 atom stereocenters. The smallest absolute Gasteiger partial charge is 0.335 e. The Morgan fingerprint density at radius 1 is 0.826 bits per heavy atom. The minimum Gasteiger partial charge on any atom is -0.462 e. The molecule has 3 aromatic rings. The second-order valence-electron chi connectivity index (χ2n) is 12.3. The first-order chi connectivity index (χ1) is 22.2. The van der Waals surface area contributed by atoms with E-state index in [2.05, 4.69) is 32.2 Å². The van der Waals surface area contributed by atoms with Gasteiger partial charge in [0.1, 0.15) is 0 Å². The van der Waals surface area contributed by atoms with Crippen molar-refractivity contribution in [2.75, 3.05) is 26.4 Å². The lowest BCUT2D eigenvalue weighted by atomic mass is 9.74. The van der Waals surface area contributed by atoms with E-state index in [4.69, 9.17) is 19.7 Å². The van der Waals surface area contributed by atoms with Gasteiger partial charge in [0.25, 0.3) is 0 Å². The van der Waals surface area contributed by atoms with Crippen molar-refractivity contribution in [3.63, 3.8) is 0 Å². The molecule has 0 spiro atoms. The summed E-state index contributed by atoms with van der Waals surface area (Å²) in [4.78, 5) is 24.2.